The number of anilines is 2. The van der Waals surface area contributed by atoms with E-state index >= 15 is 0 Å². The van der Waals surface area contributed by atoms with Crippen molar-refractivity contribution in [3.8, 4) is 0 Å². The van der Waals surface area contributed by atoms with Crippen LogP contribution in [0.1, 0.15) is 28.8 Å². The summed E-state index contributed by atoms with van der Waals surface area (Å²) in [5.74, 6) is 0.121. The van der Waals surface area contributed by atoms with E-state index in [0.29, 0.717) is 42.5 Å². The van der Waals surface area contributed by atoms with E-state index in [1.54, 1.807) is 24.3 Å². The molecule has 1 fully saturated rings. The molecule has 1 aromatic heterocycles. The largest absolute Gasteiger partial charge is 0.383 e. The molecule has 27 heavy (non-hydrogen) atoms. The Labute approximate surface area is 162 Å². The van der Waals surface area contributed by atoms with E-state index < -0.39 is 10.0 Å². The average molecular weight is 410 g/mol. The zero-order valence-corrected chi connectivity index (χ0v) is 16.3. The van der Waals surface area contributed by atoms with E-state index in [0.717, 1.165) is 0 Å². The van der Waals surface area contributed by atoms with Gasteiger partial charge in [0.15, 0.2) is 5.78 Å². The molecular formula is C17H20ClN5O3S. The van der Waals surface area contributed by atoms with Gasteiger partial charge >= 0.3 is 0 Å². The van der Waals surface area contributed by atoms with E-state index in [1.165, 1.54) is 16.8 Å². The number of piperidine rings is 1. The Kier molecular flexibility index (Phi) is 5.64. The number of nitrogens with two attached hydrogens (primary N) is 1. The zero-order valence-electron chi connectivity index (χ0n) is 14.7. The fourth-order valence-corrected chi connectivity index (χ4v) is 3.91. The van der Waals surface area contributed by atoms with Gasteiger partial charge in [0.25, 0.3) is 0 Å². The number of nitrogens with one attached hydrogen (secondary N) is 1. The van der Waals surface area contributed by atoms with Crippen LogP contribution in [0.25, 0.3) is 0 Å². The third-order valence-corrected chi connectivity index (χ3v) is 5.98. The standard InChI is InChI=1S/C17H20ClN5O3S/c1-27(25,26)23-8-6-13(7-9-23)21-17-20-10-14(16(19)22-17)15(24)11-2-4-12(18)5-3-11/h2-5,10,13H,6-9H2,1H3,(H3,19,20,21,22). The second-order valence-electron chi connectivity index (χ2n) is 6.41. The Hall–Kier alpha value is -2.23. The predicted molar refractivity (Wildman–Crippen MR) is 104 cm³/mol. The van der Waals surface area contributed by atoms with Crippen molar-refractivity contribution in [1.29, 1.82) is 0 Å². The van der Waals surface area contributed by atoms with Gasteiger partial charge in [-0.25, -0.2) is 17.7 Å². The number of sulfonamides is 1. The number of carbonyl (C=O) groups excluding carboxylic acids is 1. The summed E-state index contributed by atoms with van der Waals surface area (Å²) in [7, 11) is -3.16. The molecule has 0 amide bonds. The summed E-state index contributed by atoms with van der Waals surface area (Å²) in [6.45, 7) is 0.887. The maximum Gasteiger partial charge on any atom is 0.224 e. The molecule has 144 valence electrons. The Morgan fingerprint density at radius 3 is 2.44 bits per heavy atom. The molecule has 3 rings (SSSR count). The fourth-order valence-electron chi connectivity index (χ4n) is 2.91. The highest BCUT2D eigenvalue weighted by Gasteiger charge is 2.25. The molecule has 0 radical (unpaired) electrons. The van der Waals surface area contributed by atoms with Gasteiger partial charge in [0.05, 0.1) is 11.8 Å². The van der Waals surface area contributed by atoms with Crippen LogP contribution in [0.4, 0.5) is 11.8 Å². The molecule has 0 bridgehead atoms. The van der Waals surface area contributed by atoms with Crippen molar-refractivity contribution < 1.29 is 13.2 Å². The third kappa shape index (κ3) is 4.74. The van der Waals surface area contributed by atoms with Crippen LogP contribution in [0.2, 0.25) is 5.02 Å². The summed E-state index contributed by atoms with van der Waals surface area (Å²) in [5, 5.41) is 3.69. The Morgan fingerprint density at radius 2 is 1.89 bits per heavy atom. The van der Waals surface area contributed by atoms with E-state index in [4.69, 9.17) is 17.3 Å². The highest BCUT2D eigenvalue weighted by Crippen LogP contribution is 2.20. The molecule has 2 aromatic rings. The minimum absolute atomic E-state index is 0.0419. The Balaban J connectivity index is 1.67. The van der Waals surface area contributed by atoms with Gasteiger partial charge in [-0.3, -0.25) is 4.79 Å². The minimum atomic E-state index is -3.16. The van der Waals surface area contributed by atoms with Gasteiger partial charge in [-0.1, -0.05) is 11.6 Å². The first-order valence-electron chi connectivity index (χ1n) is 8.38. The molecule has 2 heterocycles. The lowest BCUT2D eigenvalue weighted by Gasteiger charge is -2.30. The molecule has 0 saturated carbocycles. The van der Waals surface area contributed by atoms with Crippen LogP contribution in [0.5, 0.6) is 0 Å². The Morgan fingerprint density at radius 1 is 1.26 bits per heavy atom. The lowest BCUT2D eigenvalue weighted by Crippen LogP contribution is -2.42. The lowest BCUT2D eigenvalue weighted by molar-refractivity contribution is 0.103. The average Bonchev–Trinajstić information content (AvgIpc) is 2.62. The monoisotopic (exact) mass is 409 g/mol. The van der Waals surface area contributed by atoms with Crippen LogP contribution in [-0.2, 0) is 10.0 Å². The van der Waals surface area contributed by atoms with Crippen LogP contribution in [-0.4, -0.2) is 53.9 Å². The molecule has 1 aliphatic rings. The normalized spacial score (nSPS) is 16.2. The summed E-state index contributed by atoms with van der Waals surface area (Å²) >= 11 is 5.84. The number of nitrogen functional groups attached to an aromatic ring is 1. The molecule has 10 heteroatoms. The fraction of sp³-hybridized carbons (Fsp3) is 0.353. The molecule has 0 unspecified atom stereocenters. The topological polar surface area (TPSA) is 118 Å². The number of aromatic nitrogens is 2. The van der Waals surface area contributed by atoms with Gasteiger partial charge in [0, 0.05) is 35.9 Å². The number of hydrogen-bond donors (Lipinski definition) is 2. The molecule has 0 spiro atoms. The van der Waals surface area contributed by atoms with Gasteiger partial charge in [-0.2, -0.15) is 4.98 Å². The SMILES string of the molecule is CS(=O)(=O)N1CCC(Nc2ncc(C(=O)c3ccc(Cl)cc3)c(N)n2)CC1. The van der Waals surface area contributed by atoms with E-state index in [2.05, 4.69) is 15.3 Å². The molecule has 3 N–H and O–H groups in total. The summed E-state index contributed by atoms with van der Waals surface area (Å²) in [6, 6.07) is 6.53. The van der Waals surface area contributed by atoms with E-state index in [9.17, 15) is 13.2 Å². The molecule has 1 aliphatic heterocycles. The predicted octanol–water partition coefficient (Wildman–Crippen LogP) is 1.78. The highest BCUT2D eigenvalue weighted by molar-refractivity contribution is 7.88. The number of hydrogen-bond acceptors (Lipinski definition) is 7. The molecular weight excluding hydrogens is 390 g/mol. The van der Waals surface area contributed by atoms with Crippen LogP contribution >= 0.6 is 11.6 Å². The van der Waals surface area contributed by atoms with Crippen LogP contribution < -0.4 is 11.1 Å². The molecule has 0 atom stereocenters. The number of halogens is 1. The van der Waals surface area contributed by atoms with E-state index in [1.807, 2.05) is 0 Å². The smallest absolute Gasteiger partial charge is 0.224 e. The Bertz CT molecular complexity index is 942. The third-order valence-electron chi connectivity index (χ3n) is 4.43. The minimum Gasteiger partial charge on any atom is -0.383 e. The lowest BCUT2D eigenvalue weighted by atomic mass is 10.1. The van der Waals surface area contributed by atoms with Crippen molar-refractivity contribution in [3.63, 3.8) is 0 Å². The summed E-state index contributed by atoms with van der Waals surface area (Å²) < 4.78 is 24.6. The van der Waals surface area contributed by atoms with E-state index in [-0.39, 0.29) is 23.2 Å². The van der Waals surface area contributed by atoms with Gasteiger partial charge in [0.1, 0.15) is 5.82 Å². The van der Waals surface area contributed by atoms with Gasteiger partial charge < -0.3 is 11.1 Å². The number of ketones is 1. The number of rotatable bonds is 5. The van der Waals surface area contributed by atoms with Gasteiger partial charge in [-0.05, 0) is 37.1 Å². The first kappa shape index (κ1) is 19.5. The molecule has 8 nitrogen and oxygen atoms in total. The second-order valence-corrected chi connectivity index (χ2v) is 8.83. The summed E-state index contributed by atoms with van der Waals surface area (Å²) in [6.07, 6.45) is 3.89. The van der Waals surface area contributed by atoms with Crippen molar-refractivity contribution >= 4 is 39.2 Å². The molecule has 1 saturated heterocycles. The van der Waals surface area contributed by atoms with Gasteiger partial charge in [0.2, 0.25) is 16.0 Å². The van der Waals surface area contributed by atoms with Crippen LogP contribution in [0.3, 0.4) is 0 Å². The highest BCUT2D eigenvalue weighted by atomic mass is 35.5. The molecule has 1 aromatic carbocycles. The number of nitrogens with zero attached hydrogens (tertiary/aromatic N) is 3. The summed E-state index contributed by atoms with van der Waals surface area (Å²) in [4.78, 5) is 20.9. The molecule has 0 aliphatic carbocycles. The van der Waals surface area contributed by atoms with Crippen LogP contribution in [0, 0.1) is 0 Å². The van der Waals surface area contributed by atoms with Crippen LogP contribution in [0.15, 0.2) is 30.5 Å². The van der Waals surface area contributed by atoms with Crippen molar-refractivity contribution in [2.24, 2.45) is 0 Å². The van der Waals surface area contributed by atoms with Gasteiger partial charge in [-0.15, -0.1) is 0 Å². The second kappa shape index (κ2) is 7.79. The first-order chi connectivity index (χ1) is 12.7. The van der Waals surface area contributed by atoms with Crippen molar-refractivity contribution in [2.45, 2.75) is 18.9 Å². The first-order valence-corrected chi connectivity index (χ1v) is 10.6. The number of benzene rings is 1. The number of carbonyl (C=O) groups is 1. The zero-order chi connectivity index (χ0) is 19.6. The van der Waals surface area contributed by atoms with Crippen molar-refractivity contribution in [1.82, 2.24) is 14.3 Å². The summed E-state index contributed by atoms with van der Waals surface area (Å²) in [5.41, 5.74) is 6.61. The maximum atomic E-state index is 12.5. The quantitative estimate of drug-likeness (QED) is 0.722. The van der Waals surface area contributed by atoms with Crippen molar-refractivity contribution in [3.05, 3.63) is 46.6 Å². The maximum absolute atomic E-state index is 12.5. The van der Waals surface area contributed by atoms with Crippen molar-refractivity contribution in [2.75, 3.05) is 30.4 Å².